The zero-order valence-corrected chi connectivity index (χ0v) is 17.1. The molecule has 0 spiro atoms. The molecule has 1 aliphatic heterocycles. The number of benzene rings is 2. The maximum absolute atomic E-state index is 12.3. The number of para-hydroxylation sites is 1. The number of nitrogens with zero attached hydrogens (tertiary/aromatic N) is 2. The summed E-state index contributed by atoms with van der Waals surface area (Å²) in [6, 6.07) is 16.1. The maximum atomic E-state index is 12.3. The van der Waals surface area contributed by atoms with Gasteiger partial charge in [-0.05, 0) is 29.8 Å². The van der Waals surface area contributed by atoms with Gasteiger partial charge in [-0.25, -0.2) is 4.98 Å². The van der Waals surface area contributed by atoms with Crippen LogP contribution in [0.1, 0.15) is 5.56 Å². The van der Waals surface area contributed by atoms with Crippen molar-refractivity contribution in [1.29, 1.82) is 0 Å². The molecule has 8 heteroatoms. The summed E-state index contributed by atoms with van der Waals surface area (Å²) in [6.07, 6.45) is 0.460. The Kier molecular flexibility index (Phi) is 7.86. The van der Waals surface area contributed by atoms with E-state index in [1.54, 1.807) is 11.3 Å². The molecule has 2 aromatic carbocycles. The summed E-state index contributed by atoms with van der Waals surface area (Å²) in [7, 11) is 0. The first-order valence-electron chi connectivity index (χ1n) is 8.48. The van der Waals surface area contributed by atoms with E-state index in [2.05, 4.69) is 21.7 Å². The van der Waals surface area contributed by atoms with Gasteiger partial charge in [0, 0.05) is 31.9 Å². The second-order valence-corrected chi connectivity index (χ2v) is 7.15. The van der Waals surface area contributed by atoms with Crippen LogP contribution in [0.5, 0.6) is 0 Å². The number of aromatic nitrogens is 1. The Bertz CT molecular complexity index is 846. The SMILES string of the molecule is Cl.Cl.O=C(Cc1ccc(Nc2nc3ccccc3s2)cc1)N1CCNCC1. The average molecular weight is 425 g/mol. The highest BCUT2D eigenvalue weighted by Gasteiger charge is 2.16. The predicted molar refractivity (Wildman–Crippen MR) is 117 cm³/mol. The van der Waals surface area contributed by atoms with Crippen molar-refractivity contribution in [1.82, 2.24) is 15.2 Å². The lowest BCUT2D eigenvalue weighted by atomic mass is 10.1. The molecule has 2 N–H and O–H groups in total. The first kappa shape index (κ1) is 21.4. The molecule has 2 heterocycles. The summed E-state index contributed by atoms with van der Waals surface area (Å²) < 4.78 is 1.17. The van der Waals surface area contributed by atoms with Gasteiger partial charge in [-0.2, -0.15) is 0 Å². The van der Waals surface area contributed by atoms with Crippen LogP contribution in [0.25, 0.3) is 10.2 Å². The Morgan fingerprint density at radius 2 is 1.78 bits per heavy atom. The van der Waals surface area contributed by atoms with Gasteiger partial charge in [-0.3, -0.25) is 4.79 Å². The molecule has 4 rings (SSSR count). The van der Waals surface area contributed by atoms with Crippen molar-refractivity contribution in [3.05, 3.63) is 54.1 Å². The van der Waals surface area contributed by atoms with Gasteiger partial charge in [0.15, 0.2) is 5.13 Å². The van der Waals surface area contributed by atoms with Crippen LogP contribution in [0.2, 0.25) is 0 Å². The van der Waals surface area contributed by atoms with Crippen molar-refractivity contribution in [2.45, 2.75) is 6.42 Å². The van der Waals surface area contributed by atoms with E-state index < -0.39 is 0 Å². The average Bonchev–Trinajstić information content (AvgIpc) is 3.06. The minimum absolute atomic E-state index is 0. The third-order valence-corrected chi connectivity index (χ3v) is 5.28. The molecule has 0 radical (unpaired) electrons. The van der Waals surface area contributed by atoms with E-state index in [0.29, 0.717) is 6.42 Å². The van der Waals surface area contributed by atoms with Gasteiger partial charge in [-0.1, -0.05) is 35.6 Å². The molecule has 1 aromatic heterocycles. The summed E-state index contributed by atoms with van der Waals surface area (Å²) >= 11 is 1.64. The molecule has 0 saturated carbocycles. The van der Waals surface area contributed by atoms with Gasteiger partial charge in [0.25, 0.3) is 0 Å². The number of halogens is 2. The number of hydrogen-bond donors (Lipinski definition) is 2. The van der Waals surface area contributed by atoms with Crippen LogP contribution < -0.4 is 10.6 Å². The summed E-state index contributed by atoms with van der Waals surface area (Å²) in [5.74, 6) is 0.202. The lowest BCUT2D eigenvalue weighted by Crippen LogP contribution is -2.46. The van der Waals surface area contributed by atoms with E-state index in [0.717, 1.165) is 48.1 Å². The van der Waals surface area contributed by atoms with Gasteiger partial charge in [0.2, 0.25) is 5.91 Å². The molecule has 144 valence electrons. The number of carbonyl (C=O) groups excluding carboxylic acids is 1. The van der Waals surface area contributed by atoms with E-state index in [-0.39, 0.29) is 30.7 Å². The first-order chi connectivity index (χ1) is 12.3. The third-order valence-electron chi connectivity index (χ3n) is 4.32. The number of thiazole rings is 1. The van der Waals surface area contributed by atoms with Crippen molar-refractivity contribution in [2.24, 2.45) is 0 Å². The molecule has 0 aliphatic carbocycles. The van der Waals surface area contributed by atoms with Crippen molar-refractivity contribution in [2.75, 3.05) is 31.5 Å². The predicted octanol–water partition coefficient (Wildman–Crippen LogP) is 3.86. The monoisotopic (exact) mass is 424 g/mol. The molecule has 1 saturated heterocycles. The smallest absolute Gasteiger partial charge is 0.227 e. The highest BCUT2D eigenvalue weighted by atomic mass is 35.5. The van der Waals surface area contributed by atoms with Gasteiger partial charge in [0.1, 0.15) is 0 Å². The number of amides is 1. The van der Waals surface area contributed by atoms with Gasteiger partial charge in [0.05, 0.1) is 16.6 Å². The minimum Gasteiger partial charge on any atom is -0.340 e. The number of piperazine rings is 1. The molecule has 3 aromatic rings. The highest BCUT2D eigenvalue weighted by molar-refractivity contribution is 7.22. The Balaban J connectivity index is 0.00000131. The van der Waals surface area contributed by atoms with E-state index in [4.69, 9.17) is 0 Å². The zero-order valence-electron chi connectivity index (χ0n) is 14.7. The summed E-state index contributed by atoms with van der Waals surface area (Å²) in [4.78, 5) is 18.8. The van der Waals surface area contributed by atoms with Crippen LogP contribution in [0.4, 0.5) is 10.8 Å². The first-order valence-corrected chi connectivity index (χ1v) is 9.30. The third kappa shape index (κ3) is 5.32. The van der Waals surface area contributed by atoms with Gasteiger partial charge >= 0.3 is 0 Å². The fourth-order valence-corrected chi connectivity index (χ4v) is 3.84. The fraction of sp³-hybridized carbons (Fsp3) is 0.263. The lowest BCUT2D eigenvalue weighted by molar-refractivity contribution is -0.131. The second-order valence-electron chi connectivity index (χ2n) is 6.12. The van der Waals surface area contributed by atoms with E-state index in [1.807, 2.05) is 47.4 Å². The zero-order chi connectivity index (χ0) is 17.1. The molecule has 0 unspecified atom stereocenters. The van der Waals surface area contributed by atoms with Crippen LogP contribution in [0, 0.1) is 0 Å². The summed E-state index contributed by atoms with van der Waals surface area (Å²) in [6.45, 7) is 3.37. The molecule has 1 amide bonds. The normalized spacial score (nSPS) is 13.6. The number of fused-ring (bicyclic) bond motifs is 1. The van der Waals surface area contributed by atoms with Gasteiger partial charge < -0.3 is 15.5 Å². The molecule has 27 heavy (non-hydrogen) atoms. The number of carbonyl (C=O) groups is 1. The Morgan fingerprint density at radius 1 is 1.07 bits per heavy atom. The maximum Gasteiger partial charge on any atom is 0.227 e. The quantitative estimate of drug-likeness (QED) is 0.667. The molecule has 1 fully saturated rings. The van der Waals surface area contributed by atoms with Crippen molar-refractivity contribution in [3.8, 4) is 0 Å². The number of nitrogens with one attached hydrogen (secondary N) is 2. The highest BCUT2D eigenvalue weighted by Crippen LogP contribution is 2.28. The molecule has 1 aliphatic rings. The topological polar surface area (TPSA) is 57.3 Å². The van der Waals surface area contributed by atoms with Crippen LogP contribution in [0.15, 0.2) is 48.5 Å². The number of hydrogen-bond acceptors (Lipinski definition) is 5. The van der Waals surface area contributed by atoms with Crippen LogP contribution in [0.3, 0.4) is 0 Å². The van der Waals surface area contributed by atoms with Crippen LogP contribution in [-0.4, -0.2) is 42.0 Å². The van der Waals surface area contributed by atoms with E-state index >= 15 is 0 Å². The standard InChI is InChI=1S/C19H20N4OS.2ClH/c24-18(23-11-9-20-10-12-23)13-14-5-7-15(8-6-14)21-19-22-16-3-1-2-4-17(16)25-19;;/h1-8,20H,9-13H2,(H,21,22);2*1H. The van der Waals surface area contributed by atoms with Crippen LogP contribution >= 0.6 is 36.2 Å². The Morgan fingerprint density at radius 3 is 2.48 bits per heavy atom. The van der Waals surface area contributed by atoms with E-state index in [1.165, 1.54) is 4.70 Å². The molecular weight excluding hydrogens is 403 g/mol. The van der Waals surface area contributed by atoms with Crippen LogP contribution in [-0.2, 0) is 11.2 Å². The van der Waals surface area contributed by atoms with E-state index in [9.17, 15) is 4.79 Å². The summed E-state index contributed by atoms with van der Waals surface area (Å²) in [5.41, 5.74) is 3.03. The van der Waals surface area contributed by atoms with Crippen molar-refractivity contribution in [3.63, 3.8) is 0 Å². The number of anilines is 2. The second kappa shape index (κ2) is 9.90. The molecule has 5 nitrogen and oxygen atoms in total. The van der Waals surface area contributed by atoms with Crippen molar-refractivity contribution < 1.29 is 4.79 Å². The molecule has 0 bridgehead atoms. The van der Waals surface area contributed by atoms with Crippen molar-refractivity contribution >= 4 is 63.1 Å². The fourth-order valence-electron chi connectivity index (χ4n) is 2.96. The number of rotatable bonds is 4. The molecular formula is C19H22Cl2N4OS. The Labute approximate surface area is 175 Å². The Hall–Kier alpha value is -1.86. The molecule has 0 atom stereocenters. The summed E-state index contributed by atoms with van der Waals surface area (Å²) in [5, 5.41) is 7.49. The lowest BCUT2D eigenvalue weighted by Gasteiger charge is -2.27. The van der Waals surface area contributed by atoms with Gasteiger partial charge in [-0.15, -0.1) is 24.8 Å². The largest absolute Gasteiger partial charge is 0.340 e. The minimum atomic E-state index is 0.